The fourth-order valence-electron chi connectivity index (χ4n) is 2.68. The molecule has 0 aliphatic carbocycles. The van der Waals surface area contributed by atoms with Crippen molar-refractivity contribution in [2.75, 3.05) is 43.5 Å². The van der Waals surface area contributed by atoms with E-state index in [4.69, 9.17) is 4.74 Å². The summed E-state index contributed by atoms with van der Waals surface area (Å²) >= 11 is 0. The minimum Gasteiger partial charge on any atom is -0.495 e. The average Bonchev–Trinajstić information content (AvgIpc) is 2.63. The zero-order valence-corrected chi connectivity index (χ0v) is 13.9. The summed E-state index contributed by atoms with van der Waals surface area (Å²) in [4.78, 5) is 24.9. The number of carbonyl (C=O) groups excluding carboxylic acids is 1. The van der Waals surface area contributed by atoms with Gasteiger partial charge < -0.3 is 19.9 Å². The van der Waals surface area contributed by atoms with Crippen LogP contribution in [-0.2, 0) is 0 Å². The molecule has 0 unspecified atom stereocenters. The number of hydrogen-bond acceptors (Lipinski definition) is 5. The summed E-state index contributed by atoms with van der Waals surface area (Å²) in [6, 6.07) is 7.39. The van der Waals surface area contributed by atoms with Crippen LogP contribution in [0.4, 0.5) is 16.4 Å². The fraction of sp³-hybridized carbons (Fsp3) is 0.353. The van der Waals surface area contributed by atoms with E-state index in [1.165, 1.54) is 0 Å². The molecule has 3 rings (SSSR count). The Morgan fingerprint density at radius 2 is 1.88 bits per heavy atom. The zero-order valence-electron chi connectivity index (χ0n) is 13.9. The molecule has 0 atom stereocenters. The second-order valence-electron chi connectivity index (χ2n) is 5.66. The van der Waals surface area contributed by atoms with E-state index in [9.17, 15) is 4.79 Å². The van der Waals surface area contributed by atoms with Crippen molar-refractivity contribution in [3.8, 4) is 5.75 Å². The molecule has 0 saturated carbocycles. The molecule has 2 aromatic rings. The predicted molar refractivity (Wildman–Crippen MR) is 92.6 cm³/mol. The van der Waals surface area contributed by atoms with E-state index in [0.29, 0.717) is 43.6 Å². The molecule has 1 aliphatic heterocycles. The lowest BCUT2D eigenvalue weighted by molar-refractivity contribution is 0.208. The van der Waals surface area contributed by atoms with Gasteiger partial charge in [-0.2, -0.15) is 0 Å². The Morgan fingerprint density at radius 3 is 2.54 bits per heavy atom. The molecule has 1 aromatic heterocycles. The maximum absolute atomic E-state index is 12.5. The number of benzene rings is 1. The van der Waals surface area contributed by atoms with E-state index in [1.807, 2.05) is 25.1 Å². The maximum Gasteiger partial charge on any atom is 0.322 e. The van der Waals surface area contributed by atoms with Gasteiger partial charge in [0.1, 0.15) is 5.75 Å². The Hall–Kier alpha value is -2.83. The van der Waals surface area contributed by atoms with Crippen LogP contribution in [0.1, 0.15) is 5.56 Å². The highest BCUT2D eigenvalue weighted by Crippen LogP contribution is 2.25. The van der Waals surface area contributed by atoms with Crippen molar-refractivity contribution < 1.29 is 9.53 Å². The lowest BCUT2D eigenvalue weighted by Crippen LogP contribution is -2.50. The van der Waals surface area contributed by atoms with Gasteiger partial charge in [-0.25, -0.2) is 14.8 Å². The highest BCUT2D eigenvalue weighted by atomic mass is 16.5. The van der Waals surface area contributed by atoms with Crippen molar-refractivity contribution in [3.05, 3.63) is 42.2 Å². The molecule has 0 spiro atoms. The number of rotatable bonds is 3. The van der Waals surface area contributed by atoms with Crippen LogP contribution in [0.3, 0.4) is 0 Å². The van der Waals surface area contributed by atoms with E-state index in [0.717, 1.165) is 5.56 Å². The number of nitrogens with one attached hydrogen (secondary N) is 1. The quantitative estimate of drug-likeness (QED) is 0.935. The number of ether oxygens (including phenoxy) is 1. The Balaban J connectivity index is 1.61. The summed E-state index contributed by atoms with van der Waals surface area (Å²) in [5.41, 5.74) is 1.76. The average molecular weight is 327 g/mol. The van der Waals surface area contributed by atoms with Crippen molar-refractivity contribution in [2.45, 2.75) is 6.92 Å². The molecule has 1 aromatic carbocycles. The minimum atomic E-state index is -0.118. The summed E-state index contributed by atoms with van der Waals surface area (Å²) in [6.07, 6.45) is 3.46. The monoisotopic (exact) mass is 327 g/mol. The molecule has 2 heterocycles. The number of anilines is 2. The topological polar surface area (TPSA) is 70.6 Å². The van der Waals surface area contributed by atoms with Gasteiger partial charge >= 0.3 is 6.03 Å². The van der Waals surface area contributed by atoms with Crippen LogP contribution in [-0.4, -0.2) is 54.2 Å². The summed E-state index contributed by atoms with van der Waals surface area (Å²) in [5, 5.41) is 2.94. The molecule has 2 amide bonds. The van der Waals surface area contributed by atoms with Crippen LogP contribution in [0.15, 0.2) is 36.7 Å². The molecular formula is C17H21N5O2. The summed E-state index contributed by atoms with van der Waals surface area (Å²) < 4.78 is 5.31. The van der Waals surface area contributed by atoms with Crippen LogP contribution in [0.5, 0.6) is 5.75 Å². The Morgan fingerprint density at radius 1 is 1.17 bits per heavy atom. The van der Waals surface area contributed by atoms with Gasteiger partial charge in [0.15, 0.2) is 0 Å². The third kappa shape index (κ3) is 3.56. The van der Waals surface area contributed by atoms with Crippen molar-refractivity contribution in [1.29, 1.82) is 0 Å². The van der Waals surface area contributed by atoms with Crippen molar-refractivity contribution in [2.24, 2.45) is 0 Å². The van der Waals surface area contributed by atoms with E-state index < -0.39 is 0 Å². The van der Waals surface area contributed by atoms with Crippen LogP contribution >= 0.6 is 0 Å². The molecule has 7 heteroatoms. The first-order chi connectivity index (χ1) is 11.7. The van der Waals surface area contributed by atoms with Gasteiger partial charge in [0.25, 0.3) is 0 Å². The second-order valence-corrected chi connectivity index (χ2v) is 5.66. The highest BCUT2D eigenvalue weighted by Gasteiger charge is 2.23. The first-order valence-electron chi connectivity index (χ1n) is 7.90. The normalized spacial score (nSPS) is 14.4. The largest absolute Gasteiger partial charge is 0.495 e. The number of aromatic nitrogens is 2. The molecule has 0 radical (unpaired) electrons. The van der Waals surface area contributed by atoms with Crippen LogP contribution in [0.25, 0.3) is 0 Å². The van der Waals surface area contributed by atoms with E-state index in [1.54, 1.807) is 30.5 Å². The van der Waals surface area contributed by atoms with Crippen molar-refractivity contribution in [1.82, 2.24) is 14.9 Å². The summed E-state index contributed by atoms with van der Waals surface area (Å²) in [6.45, 7) is 4.65. The van der Waals surface area contributed by atoms with Gasteiger partial charge in [-0.3, -0.25) is 0 Å². The molecule has 126 valence electrons. The fourth-order valence-corrected chi connectivity index (χ4v) is 2.68. The van der Waals surface area contributed by atoms with Crippen molar-refractivity contribution in [3.63, 3.8) is 0 Å². The number of methoxy groups -OCH3 is 1. The Labute approximate surface area is 141 Å². The van der Waals surface area contributed by atoms with Gasteiger partial charge in [0, 0.05) is 38.6 Å². The third-order valence-corrected chi connectivity index (χ3v) is 4.00. The number of hydrogen-bond donors (Lipinski definition) is 1. The molecule has 1 aliphatic rings. The lowest BCUT2D eigenvalue weighted by Gasteiger charge is -2.34. The lowest BCUT2D eigenvalue weighted by atomic mass is 10.2. The van der Waals surface area contributed by atoms with E-state index >= 15 is 0 Å². The Kier molecular flexibility index (Phi) is 4.79. The molecule has 1 N–H and O–H groups in total. The summed E-state index contributed by atoms with van der Waals surface area (Å²) in [5.74, 6) is 1.36. The summed E-state index contributed by atoms with van der Waals surface area (Å²) in [7, 11) is 1.60. The minimum absolute atomic E-state index is 0.118. The van der Waals surface area contributed by atoms with E-state index in [-0.39, 0.29) is 6.03 Å². The molecule has 24 heavy (non-hydrogen) atoms. The predicted octanol–water partition coefficient (Wildman–Crippen LogP) is 2.15. The molecule has 0 bridgehead atoms. The molecule has 1 saturated heterocycles. The number of urea groups is 1. The number of piperazine rings is 1. The second kappa shape index (κ2) is 7.16. The number of carbonyl (C=O) groups is 1. The van der Waals surface area contributed by atoms with Crippen LogP contribution in [0.2, 0.25) is 0 Å². The first kappa shape index (κ1) is 16.0. The molecule has 1 fully saturated rings. The Bertz CT molecular complexity index is 699. The maximum atomic E-state index is 12.5. The van der Waals surface area contributed by atoms with Gasteiger partial charge in [-0.05, 0) is 30.7 Å². The number of aryl methyl sites for hydroxylation is 1. The number of amides is 2. The zero-order chi connectivity index (χ0) is 16.9. The molecular weight excluding hydrogens is 306 g/mol. The first-order valence-corrected chi connectivity index (χ1v) is 7.90. The van der Waals surface area contributed by atoms with Gasteiger partial charge in [0.05, 0.1) is 12.8 Å². The van der Waals surface area contributed by atoms with Gasteiger partial charge in [-0.15, -0.1) is 0 Å². The standard InChI is InChI=1S/C17H21N5O2/c1-13-4-5-15(24-2)14(12-13)20-17(23)22-10-8-21(9-11-22)16-18-6-3-7-19-16/h3-7,12H,8-11H2,1-2H3,(H,20,23). The number of nitrogens with zero attached hydrogens (tertiary/aromatic N) is 4. The van der Waals surface area contributed by atoms with Crippen LogP contribution < -0.4 is 15.0 Å². The third-order valence-electron chi connectivity index (χ3n) is 4.00. The van der Waals surface area contributed by atoms with E-state index in [2.05, 4.69) is 20.2 Å². The smallest absolute Gasteiger partial charge is 0.322 e. The van der Waals surface area contributed by atoms with Gasteiger partial charge in [0.2, 0.25) is 5.95 Å². The highest BCUT2D eigenvalue weighted by molar-refractivity contribution is 5.91. The molecule has 7 nitrogen and oxygen atoms in total. The SMILES string of the molecule is COc1ccc(C)cc1NC(=O)N1CCN(c2ncccn2)CC1. The van der Waals surface area contributed by atoms with Crippen molar-refractivity contribution >= 4 is 17.7 Å². The van der Waals surface area contributed by atoms with Crippen LogP contribution in [0, 0.1) is 6.92 Å². The van der Waals surface area contributed by atoms with Gasteiger partial charge in [-0.1, -0.05) is 6.07 Å².